The van der Waals surface area contributed by atoms with Crippen LogP contribution in [0.25, 0.3) is 0 Å². The molecule has 0 bridgehead atoms. The van der Waals surface area contributed by atoms with Crippen LogP contribution in [-0.4, -0.2) is 14.7 Å². The molecule has 0 aliphatic rings. The Morgan fingerprint density at radius 1 is 1.46 bits per heavy atom. The number of hydrogen-bond donors (Lipinski definition) is 2. The van der Waals surface area contributed by atoms with Gasteiger partial charge < -0.3 is 10.3 Å². The van der Waals surface area contributed by atoms with E-state index < -0.39 is 17.0 Å². The summed E-state index contributed by atoms with van der Waals surface area (Å²) < 4.78 is 20.0. The van der Waals surface area contributed by atoms with E-state index in [-0.39, 0.29) is 10.5 Å². The van der Waals surface area contributed by atoms with Crippen LogP contribution in [-0.2, 0) is 11.1 Å². The molecule has 4 nitrogen and oxygen atoms in total. The lowest BCUT2D eigenvalue weighted by Crippen LogP contribution is -2.11. The maximum Gasteiger partial charge on any atom is 0.248 e. The van der Waals surface area contributed by atoms with Crippen LogP contribution in [0.1, 0.15) is 10.4 Å². The zero-order chi connectivity index (χ0) is 10.0. The quantitative estimate of drug-likeness (QED) is 0.785. The lowest BCUT2D eigenvalue weighted by Gasteiger charge is -2.00. The standard InChI is InChI=1S/C7H6BrNO3S/c8-5-1-4(7(9)10)2-6(3-5)13(11)12/h1-3H,(H2,9,10)(H,11,12). The normalized spacial score (nSPS) is 12.5. The van der Waals surface area contributed by atoms with Crippen LogP contribution in [0.2, 0.25) is 0 Å². The molecule has 0 fully saturated rings. The van der Waals surface area contributed by atoms with Crippen molar-refractivity contribution in [2.24, 2.45) is 5.73 Å². The molecule has 1 rings (SSSR count). The highest BCUT2D eigenvalue weighted by Crippen LogP contribution is 2.17. The fourth-order valence-corrected chi connectivity index (χ4v) is 1.91. The summed E-state index contributed by atoms with van der Waals surface area (Å²) >= 11 is 0.992. The minimum atomic E-state index is -2.10. The fourth-order valence-electron chi connectivity index (χ4n) is 0.806. The molecule has 1 atom stereocenters. The Labute approximate surface area is 85.5 Å². The van der Waals surface area contributed by atoms with E-state index in [1.54, 1.807) is 0 Å². The molecule has 0 aliphatic heterocycles. The molecule has 13 heavy (non-hydrogen) atoms. The molecule has 0 aliphatic carbocycles. The molecule has 6 heteroatoms. The number of nitrogens with two attached hydrogens (primary N) is 1. The molecule has 1 unspecified atom stereocenters. The summed E-state index contributed by atoms with van der Waals surface area (Å²) in [7, 11) is 0. The Balaban J connectivity index is 3.26. The van der Waals surface area contributed by atoms with Crippen molar-refractivity contribution in [1.82, 2.24) is 0 Å². The molecular formula is C7H6BrNO3S. The minimum absolute atomic E-state index is 0.142. The van der Waals surface area contributed by atoms with Gasteiger partial charge in [-0.1, -0.05) is 15.9 Å². The molecule has 70 valence electrons. The van der Waals surface area contributed by atoms with Crippen molar-refractivity contribution in [3.05, 3.63) is 28.2 Å². The summed E-state index contributed by atoms with van der Waals surface area (Å²) in [5.74, 6) is -0.631. The van der Waals surface area contributed by atoms with Gasteiger partial charge >= 0.3 is 0 Å². The molecule has 1 aromatic carbocycles. The SMILES string of the molecule is NC(=O)c1cc(Br)cc(S(=O)O)c1. The van der Waals surface area contributed by atoms with Crippen LogP contribution in [0, 0.1) is 0 Å². The highest BCUT2D eigenvalue weighted by atomic mass is 79.9. The van der Waals surface area contributed by atoms with Gasteiger partial charge in [-0.15, -0.1) is 0 Å². The second kappa shape index (κ2) is 3.99. The van der Waals surface area contributed by atoms with Crippen molar-refractivity contribution < 1.29 is 13.6 Å². The van der Waals surface area contributed by atoms with Crippen LogP contribution in [0.3, 0.4) is 0 Å². The van der Waals surface area contributed by atoms with Gasteiger partial charge in [0.1, 0.15) is 0 Å². The first-order chi connectivity index (χ1) is 6.00. The Morgan fingerprint density at radius 3 is 2.54 bits per heavy atom. The van der Waals surface area contributed by atoms with Crippen molar-refractivity contribution in [1.29, 1.82) is 0 Å². The van der Waals surface area contributed by atoms with Gasteiger partial charge in [0.2, 0.25) is 5.91 Å². The van der Waals surface area contributed by atoms with E-state index in [2.05, 4.69) is 15.9 Å². The first-order valence-electron chi connectivity index (χ1n) is 3.22. The van der Waals surface area contributed by atoms with Crippen molar-refractivity contribution in [3.8, 4) is 0 Å². The molecule has 0 radical (unpaired) electrons. The lowest BCUT2D eigenvalue weighted by atomic mass is 10.2. The zero-order valence-corrected chi connectivity index (χ0v) is 8.76. The molecule has 0 saturated carbocycles. The van der Waals surface area contributed by atoms with Crippen molar-refractivity contribution in [3.63, 3.8) is 0 Å². The fraction of sp³-hybridized carbons (Fsp3) is 0. The van der Waals surface area contributed by atoms with E-state index in [0.29, 0.717) is 4.47 Å². The van der Waals surface area contributed by atoms with Gasteiger partial charge in [-0.3, -0.25) is 4.79 Å². The minimum Gasteiger partial charge on any atom is -0.366 e. The second-order valence-corrected chi connectivity index (χ2v) is 4.17. The summed E-state index contributed by atoms with van der Waals surface area (Å²) in [4.78, 5) is 10.9. The molecule has 0 aromatic heterocycles. The number of carbonyl (C=O) groups is 1. The molecule has 0 spiro atoms. The van der Waals surface area contributed by atoms with E-state index in [9.17, 15) is 9.00 Å². The van der Waals surface area contributed by atoms with Crippen LogP contribution >= 0.6 is 15.9 Å². The Hall–Kier alpha value is -0.720. The maximum absolute atomic E-state index is 10.7. The van der Waals surface area contributed by atoms with Crippen LogP contribution in [0.4, 0.5) is 0 Å². The topological polar surface area (TPSA) is 80.4 Å². The molecule has 3 N–H and O–H groups in total. The first-order valence-corrected chi connectivity index (χ1v) is 5.12. The molecular weight excluding hydrogens is 258 g/mol. The predicted molar refractivity (Wildman–Crippen MR) is 51.7 cm³/mol. The molecule has 0 saturated heterocycles. The summed E-state index contributed by atoms with van der Waals surface area (Å²) in [6.45, 7) is 0. The molecule has 0 heterocycles. The first kappa shape index (κ1) is 10.4. The number of benzene rings is 1. The average Bonchev–Trinajstić information content (AvgIpc) is 2.03. The Kier molecular flexibility index (Phi) is 3.18. The summed E-state index contributed by atoms with van der Waals surface area (Å²) in [6, 6.07) is 4.21. The zero-order valence-electron chi connectivity index (χ0n) is 6.36. The lowest BCUT2D eigenvalue weighted by molar-refractivity contribution is 0.1000. The third-order valence-corrected chi connectivity index (χ3v) is 2.45. The van der Waals surface area contributed by atoms with E-state index >= 15 is 0 Å². The Bertz CT molecular complexity index is 348. The van der Waals surface area contributed by atoms with Gasteiger partial charge in [-0.05, 0) is 18.2 Å². The third-order valence-electron chi connectivity index (χ3n) is 1.36. The van der Waals surface area contributed by atoms with Crippen LogP contribution < -0.4 is 5.73 Å². The van der Waals surface area contributed by atoms with Crippen molar-refractivity contribution in [2.75, 3.05) is 0 Å². The van der Waals surface area contributed by atoms with E-state index in [1.807, 2.05) is 0 Å². The number of amides is 1. The predicted octanol–water partition coefficient (Wildman–Crippen LogP) is 1.13. The summed E-state index contributed by atoms with van der Waals surface area (Å²) in [5.41, 5.74) is 5.21. The van der Waals surface area contributed by atoms with Gasteiger partial charge in [-0.25, -0.2) is 4.21 Å². The number of rotatable bonds is 2. The monoisotopic (exact) mass is 263 g/mol. The number of hydrogen-bond acceptors (Lipinski definition) is 2. The highest BCUT2D eigenvalue weighted by molar-refractivity contribution is 9.10. The molecule has 1 aromatic rings. The largest absolute Gasteiger partial charge is 0.366 e. The van der Waals surface area contributed by atoms with E-state index in [0.717, 1.165) is 0 Å². The summed E-state index contributed by atoms with van der Waals surface area (Å²) in [5, 5.41) is 0. The highest BCUT2D eigenvalue weighted by Gasteiger charge is 2.07. The number of carbonyl (C=O) groups excluding carboxylic acids is 1. The maximum atomic E-state index is 10.7. The van der Waals surface area contributed by atoms with Crippen molar-refractivity contribution >= 4 is 32.9 Å². The number of halogens is 1. The summed E-state index contributed by atoms with van der Waals surface area (Å²) in [6.07, 6.45) is 0. The number of primary amides is 1. The smallest absolute Gasteiger partial charge is 0.248 e. The van der Waals surface area contributed by atoms with Gasteiger partial charge in [0.15, 0.2) is 11.1 Å². The van der Waals surface area contributed by atoms with Crippen LogP contribution in [0.15, 0.2) is 27.6 Å². The van der Waals surface area contributed by atoms with Gasteiger partial charge in [0.05, 0.1) is 4.90 Å². The van der Waals surface area contributed by atoms with Gasteiger partial charge in [0, 0.05) is 10.0 Å². The van der Waals surface area contributed by atoms with Crippen molar-refractivity contribution in [2.45, 2.75) is 4.90 Å². The average molecular weight is 264 g/mol. The second-order valence-electron chi connectivity index (χ2n) is 2.29. The Morgan fingerprint density at radius 2 is 2.08 bits per heavy atom. The molecule has 1 amide bonds. The van der Waals surface area contributed by atoms with Gasteiger partial charge in [0.25, 0.3) is 0 Å². The third kappa shape index (κ3) is 2.61. The van der Waals surface area contributed by atoms with Crippen LogP contribution in [0.5, 0.6) is 0 Å². The van der Waals surface area contributed by atoms with E-state index in [1.165, 1.54) is 18.2 Å². The van der Waals surface area contributed by atoms with E-state index in [4.69, 9.17) is 10.3 Å². The van der Waals surface area contributed by atoms with Gasteiger partial charge in [-0.2, -0.15) is 0 Å².